The van der Waals surface area contributed by atoms with E-state index >= 15 is 0 Å². The van der Waals surface area contributed by atoms with Crippen LogP contribution < -0.4 is 5.32 Å². The van der Waals surface area contributed by atoms with Crippen molar-refractivity contribution in [2.45, 2.75) is 20.0 Å². The Morgan fingerprint density at radius 3 is 2.60 bits per heavy atom. The maximum Gasteiger partial charge on any atom is 0.0483 e. The van der Waals surface area contributed by atoms with Gasteiger partial charge in [-0.3, -0.25) is 0 Å². The first kappa shape index (κ1) is 12.9. The van der Waals surface area contributed by atoms with Crippen LogP contribution in [0.2, 0.25) is 0 Å². The van der Waals surface area contributed by atoms with Crippen molar-refractivity contribution in [3.63, 3.8) is 0 Å². The van der Waals surface area contributed by atoms with Crippen LogP contribution in [0.1, 0.15) is 18.1 Å². The Kier molecular flexibility index (Phi) is 3.84. The maximum atomic E-state index is 3.37. The summed E-state index contributed by atoms with van der Waals surface area (Å²) < 4.78 is 2.31. The Balaban J connectivity index is 1.86. The van der Waals surface area contributed by atoms with Crippen LogP contribution in [0.4, 0.5) is 0 Å². The van der Waals surface area contributed by atoms with E-state index in [0.29, 0.717) is 0 Å². The third kappa shape index (κ3) is 2.75. The van der Waals surface area contributed by atoms with E-state index in [0.717, 1.165) is 19.6 Å². The van der Waals surface area contributed by atoms with Gasteiger partial charge in [-0.05, 0) is 41.3 Å². The van der Waals surface area contributed by atoms with Gasteiger partial charge >= 0.3 is 0 Å². The molecule has 3 rings (SSSR count). The SMILES string of the molecule is CCNCc1ccc2c(ccn2Cc2ccccc2)c1. The van der Waals surface area contributed by atoms with Crippen LogP contribution in [0.5, 0.6) is 0 Å². The van der Waals surface area contributed by atoms with E-state index in [4.69, 9.17) is 0 Å². The molecule has 0 aliphatic carbocycles. The molecule has 1 N–H and O–H groups in total. The molecule has 0 amide bonds. The largest absolute Gasteiger partial charge is 0.343 e. The molecule has 0 atom stereocenters. The molecule has 3 aromatic rings. The molecule has 0 saturated heterocycles. The number of aromatic nitrogens is 1. The Morgan fingerprint density at radius 2 is 1.80 bits per heavy atom. The van der Waals surface area contributed by atoms with Crippen molar-refractivity contribution in [2.24, 2.45) is 0 Å². The van der Waals surface area contributed by atoms with Gasteiger partial charge in [0.25, 0.3) is 0 Å². The first-order chi connectivity index (χ1) is 9.86. The Morgan fingerprint density at radius 1 is 0.950 bits per heavy atom. The average Bonchev–Trinajstić information content (AvgIpc) is 2.89. The van der Waals surface area contributed by atoms with Crippen molar-refractivity contribution in [3.8, 4) is 0 Å². The van der Waals surface area contributed by atoms with Crippen LogP contribution in [-0.2, 0) is 13.1 Å². The highest BCUT2D eigenvalue weighted by Gasteiger charge is 2.03. The third-order valence-corrected chi connectivity index (χ3v) is 3.61. The fourth-order valence-electron chi connectivity index (χ4n) is 2.55. The highest BCUT2D eigenvalue weighted by atomic mass is 14.9. The summed E-state index contributed by atoms with van der Waals surface area (Å²) in [7, 11) is 0. The van der Waals surface area contributed by atoms with Gasteiger partial charge in [0.15, 0.2) is 0 Å². The zero-order chi connectivity index (χ0) is 13.8. The summed E-state index contributed by atoms with van der Waals surface area (Å²) in [5.41, 5.74) is 3.98. The van der Waals surface area contributed by atoms with Gasteiger partial charge in [-0.15, -0.1) is 0 Å². The number of hydrogen-bond donors (Lipinski definition) is 1. The van der Waals surface area contributed by atoms with Gasteiger partial charge in [-0.1, -0.05) is 43.3 Å². The van der Waals surface area contributed by atoms with E-state index < -0.39 is 0 Å². The Bertz CT molecular complexity index is 683. The lowest BCUT2D eigenvalue weighted by Gasteiger charge is -2.07. The number of fused-ring (bicyclic) bond motifs is 1. The second-order valence-electron chi connectivity index (χ2n) is 5.10. The highest BCUT2D eigenvalue weighted by molar-refractivity contribution is 5.81. The van der Waals surface area contributed by atoms with Crippen LogP contribution >= 0.6 is 0 Å². The van der Waals surface area contributed by atoms with E-state index in [-0.39, 0.29) is 0 Å². The van der Waals surface area contributed by atoms with Crippen molar-refractivity contribution < 1.29 is 0 Å². The lowest BCUT2D eigenvalue weighted by molar-refractivity contribution is 0.727. The quantitative estimate of drug-likeness (QED) is 0.741. The van der Waals surface area contributed by atoms with Crippen molar-refractivity contribution >= 4 is 10.9 Å². The molecule has 0 radical (unpaired) electrons. The molecule has 0 aliphatic heterocycles. The molecule has 0 bridgehead atoms. The van der Waals surface area contributed by atoms with Crippen molar-refractivity contribution in [3.05, 3.63) is 71.9 Å². The average molecular weight is 264 g/mol. The monoisotopic (exact) mass is 264 g/mol. The summed E-state index contributed by atoms with van der Waals surface area (Å²) in [6.07, 6.45) is 2.18. The van der Waals surface area contributed by atoms with Crippen LogP contribution in [0, 0.1) is 0 Å². The first-order valence-corrected chi connectivity index (χ1v) is 7.19. The van der Waals surface area contributed by atoms with Crippen LogP contribution in [-0.4, -0.2) is 11.1 Å². The second-order valence-corrected chi connectivity index (χ2v) is 5.10. The van der Waals surface area contributed by atoms with Gasteiger partial charge in [0, 0.05) is 24.8 Å². The summed E-state index contributed by atoms with van der Waals surface area (Å²) in [5.74, 6) is 0. The fraction of sp³-hybridized carbons (Fsp3) is 0.222. The molecule has 2 heteroatoms. The number of nitrogens with one attached hydrogen (secondary N) is 1. The Labute approximate surface area is 120 Å². The predicted octanol–water partition coefficient (Wildman–Crippen LogP) is 3.80. The topological polar surface area (TPSA) is 17.0 Å². The number of nitrogens with zero attached hydrogens (tertiary/aromatic N) is 1. The maximum absolute atomic E-state index is 3.37. The van der Waals surface area contributed by atoms with E-state index in [1.807, 2.05) is 0 Å². The number of benzene rings is 2. The first-order valence-electron chi connectivity index (χ1n) is 7.19. The van der Waals surface area contributed by atoms with Crippen molar-refractivity contribution in [1.29, 1.82) is 0 Å². The minimum atomic E-state index is 0.927. The number of hydrogen-bond acceptors (Lipinski definition) is 1. The molecular formula is C18H20N2. The summed E-state index contributed by atoms with van der Waals surface area (Å²) in [6, 6.07) is 19.5. The molecule has 20 heavy (non-hydrogen) atoms. The zero-order valence-corrected chi connectivity index (χ0v) is 11.8. The van der Waals surface area contributed by atoms with Crippen LogP contribution in [0.25, 0.3) is 10.9 Å². The lowest BCUT2D eigenvalue weighted by atomic mass is 10.1. The summed E-state index contributed by atoms with van der Waals surface area (Å²) in [6.45, 7) is 5.01. The summed E-state index contributed by atoms with van der Waals surface area (Å²) in [5, 5.41) is 4.69. The predicted molar refractivity (Wildman–Crippen MR) is 84.9 cm³/mol. The van der Waals surface area contributed by atoms with Gasteiger partial charge in [-0.2, -0.15) is 0 Å². The van der Waals surface area contributed by atoms with Crippen LogP contribution in [0.3, 0.4) is 0 Å². The standard InChI is InChI=1S/C18H20N2/c1-2-19-13-16-8-9-18-17(12-16)10-11-20(18)14-15-6-4-3-5-7-15/h3-12,19H,2,13-14H2,1H3. The normalized spacial score (nSPS) is 11.1. The van der Waals surface area contributed by atoms with E-state index in [2.05, 4.69) is 77.6 Å². The zero-order valence-electron chi connectivity index (χ0n) is 11.8. The van der Waals surface area contributed by atoms with Gasteiger partial charge < -0.3 is 9.88 Å². The smallest absolute Gasteiger partial charge is 0.0483 e. The molecule has 0 fully saturated rings. The van der Waals surface area contributed by atoms with E-state index in [1.165, 1.54) is 22.0 Å². The number of rotatable bonds is 5. The lowest BCUT2D eigenvalue weighted by Crippen LogP contribution is -2.11. The Hall–Kier alpha value is -2.06. The molecule has 1 heterocycles. The highest BCUT2D eigenvalue weighted by Crippen LogP contribution is 2.19. The summed E-state index contributed by atoms with van der Waals surface area (Å²) in [4.78, 5) is 0. The molecule has 2 aromatic carbocycles. The molecule has 2 nitrogen and oxygen atoms in total. The molecule has 0 aliphatic rings. The molecule has 1 aromatic heterocycles. The minimum Gasteiger partial charge on any atom is -0.343 e. The van der Waals surface area contributed by atoms with E-state index in [1.54, 1.807) is 0 Å². The third-order valence-electron chi connectivity index (χ3n) is 3.61. The summed E-state index contributed by atoms with van der Waals surface area (Å²) >= 11 is 0. The van der Waals surface area contributed by atoms with Gasteiger partial charge in [0.2, 0.25) is 0 Å². The molecule has 0 spiro atoms. The van der Waals surface area contributed by atoms with E-state index in [9.17, 15) is 0 Å². The van der Waals surface area contributed by atoms with Crippen LogP contribution in [0.15, 0.2) is 60.8 Å². The molecule has 0 unspecified atom stereocenters. The molecule has 102 valence electrons. The fourth-order valence-corrected chi connectivity index (χ4v) is 2.55. The van der Waals surface area contributed by atoms with Crippen molar-refractivity contribution in [2.75, 3.05) is 6.54 Å². The molecular weight excluding hydrogens is 244 g/mol. The van der Waals surface area contributed by atoms with Crippen molar-refractivity contribution in [1.82, 2.24) is 9.88 Å². The van der Waals surface area contributed by atoms with Gasteiger partial charge in [0.05, 0.1) is 0 Å². The second kappa shape index (κ2) is 5.93. The van der Waals surface area contributed by atoms with Gasteiger partial charge in [-0.25, -0.2) is 0 Å². The minimum absolute atomic E-state index is 0.927. The van der Waals surface area contributed by atoms with Gasteiger partial charge in [0.1, 0.15) is 0 Å². The molecule has 0 saturated carbocycles.